The summed E-state index contributed by atoms with van der Waals surface area (Å²) in [6.45, 7) is -0.149. The molecule has 0 aliphatic heterocycles. The number of carbonyl (C=O) groups excluding carboxylic acids is 1. The number of aliphatic hydroxyl groups excluding tert-OH is 1. The minimum absolute atomic E-state index is 0.0860. The van der Waals surface area contributed by atoms with E-state index in [2.05, 4.69) is 20.4 Å². The van der Waals surface area contributed by atoms with Crippen LogP contribution in [0.3, 0.4) is 0 Å². The second-order valence-electron chi connectivity index (χ2n) is 5.65. The summed E-state index contributed by atoms with van der Waals surface area (Å²) in [4.78, 5) is 15.5. The molecule has 1 aliphatic carbocycles. The summed E-state index contributed by atoms with van der Waals surface area (Å²) in [5.41, 5.74) is 4.76. The summed E-state index contributed by atoms with van der Waals surface area (Å²) >= 11 is 0. The predicted octanol–water partition coefficient (Wildman–Crippen LogP) is -1.31. The lowest BCUT2D eigenvalue weighted by Crippen LogP contribution is -2.21. The van der Waals surface area contributed by atoms with Crippen LogP contribution in [0.25, 0.3) is 5.95 Å². The largest absolute Gasteiger partial charge is 0.394 e. The van der Waals surface area contributed by atoms with Crippen molar-refractivity contribution in [2.75, 3.05) is 13.2 Å². The highest BCUT2D eigenvalue weighted by molar-refractivity contribution is 5.89. The second kappa shape index (κ2) is 6.63. The third-order valence-electron chi connectivity index (χ3n) is 3.94. The van der Waals surface area contributed by atoms with Gasteiger partial charge < -0.3 is 20.7 Å². The summed E-state index contributed by atoms with van der Waals surface area (Å²) in [5.74, 6) is -0.771. The zero-order chi connectivity index (χ0) is 17.2. The van der Waals surface area contributed by atoms with E-state index < -0.39 is 11.5 Å². The number of ether oxygens (including phenoxy) is 1. The van der Waals surface area contributed by atoms with Gasteiger partial charge in [0.25, 0.3) is 11.9 Å². The fourth-order valence-electron chi connectivity index (χ4n) is 2.71. The number of aliphatic hydroxyl groups is 2. The molecule has 2 aromatic rings. The molecule has 0 bridgehead atoms. The van der Waals surface area contributed by atoms with Gasteiger partial charge in [-0.2, -0.15) is 9.67 Å². The van der Waals surface area contributed by atoms with Crippen LogP contribution in [0, 0.1) is 0 Å². The molecule has 0 atom stereocenters. The molecular weight excluding hydrogens is 318 g/mol. The topological polar surface area (TPSA) is 154 Å². The Kier molecular flexibility index (Phi) is 4.55. The SMILES string of the molecule is NC(=O)c1nc(-n2cc(C3(O)CCCC3)nn2)nn1COCCO. The fourth-order valence-corrected chi connectivity index (χ4v) is 2.71. The Balaban J connectivity index is 1.85. The maximum absolute atomic E-state index is 11.5. The van der Waals surface area contributed by atoms with E-state index in [9.17, 15) is 9.90 Å². The van der Waals surface area contributed by atoms with Crippen LogP contribution < -0.4 is 5.73 Å². The summed E-state index contributed by atoms with van der Waals surface area (Å²) < 4.78 is 7.59. The molecule has 0 spiro atoms. The Bertz CT molecular complexity index is 720. The van der Waals surface area contributed by atoms with Crippen molar-refractivity contribution in [2.24, 2.45) is 5.73 Å². The van der Waals surface area contributed by atoms with Gasteiger partial charge in [-0.25, -0.2) is 4.68 Å². The molecule has 2 heterocycles. The highest BCUT2D eigenvalue weighted by Crippen LogP contribution is 2.37. The van der Waals surface area contributed by atoms with Crippen LogP contribution >= 0.6 is 0 Å². The van der Waals surface area contributed by atoms with Gasteiger partial charge in [-0.05, 0) is 12.8 Å². The predicted molar refractivity (Wildman–Crippen MR) is 78.9 cm³/mol. The van der Waals surface area contributed by atoms with E-state index >= 15 is 0 Å². The van der Waals surface area contributed by atoms with Gasteiger partial charge >= 0.3 is 0 Å². The van der Waals surface area contributed by atoms with Gasteiger partial charge in [0, 0.05) is 0 Å². The van der Waals surface area contributed by atoms with E-state index in [1.165, 1.54) is 9.36 Å². The molecular formula is C13H19N7O4. The van der Waals surface area contributed by atoms with Gasteiger partial charge in [0.2, 0.25) is 5.82 Å². The molecule has 1 amide bonds. The molecule has 0 saturated heterocycles. The van der Waals surface area contributed by atoms with E-state index in [1.807, 2.05) is 0 Å². The summed E-state index contributed by atoms with van der Waals surface area (Å²) in [5, 5.41) is 31.3. The van der Waals surface area contributed by atoms with E-state index in [1.54, 1.807) is 6.20 Å². The van der Waals surface area contributed by atoms with E-state index in [0.717, 1.165) is 12.8 Å². The lowest BCUT2D eigenvalue weighted by Gasteiger charge is -2.17. The highest BCUT2D eigenvalue weighted by atomic mass is 16.5. The first-order valence-electron chi connectivity index (χ1n) is 7.62. The maximum Gasteiger partial charge on any atom is 0.286 e. The normalized spacial score (nSPS) is 16.6. The molecule has 11 nitrogen and oxygen atoms in total. The Morgan fingerprint density at radius 1 is 1.42 bits per heavy atom. The molecule has 1 saturated carbocycles. The Hall–Kier alpha value is -2.37. The van der Waals surface area contributed by atoms with Gasteiger partial charge in [-0.15, -0.1) is 10.2 Å². The second-order valence-corrected chi connectivity index (χ2v) is 5.65. The summed E-state index contributed by atoms with van der Waals surface area (Å²) in [6, 6.07) is 0. The van der Waals surface area contributed by atoms with Crippen molar-refractivity contribution in [1.82, 2.24) is 29.8 Å². The van der Waals surface area contributed by atoms with Gasteiger partial charge in [-0.3, -0.25) is 4.79 Å². The zero-order valence-corrected chi connectivity index (χ0v) is 13.0. The minimum Gasteiger partial charge on any atom is -0.394 e. The zero-order valence-electron chi connectivity index (χ0n) is 13.0. The molecule has 11 heteroatoms. The number of hydrogen-bond donors (Lipinski definition) is 3. The Labute approximate surface area is 137 Å². The number of primary amides is 1. The molecule has 130 valence electrons. The number of nitrogens with two attached hydrogens (primary N) is 1. The van der Waals surface area contributed by atoms with Crippen LogP contribution in [0.1, 0.15) is 42.0 Å². The van der Waals surface area contributed by atoms with Crippen molar-refractivity contribution in [2.45, 2.75) is 38.0 Å². The van der Waals surface area contributed by atoms with Crippen LogP contribution in [-0.2, 0) is 17.1 Å². The number of rotatable bonds is 7. The average molecular weight is 337 g/mol. The molecule has 1 fully saturated rings. The average Bonchev–Trinajstić information content (AvgIpc) is 3.25. The molecule has 1 aliphatic rings. The van der Waals surface area contributed by atoms with Crippen molar-refractivity contribution in [3.63, 3.8) is 0 Å². The maximum atomic E-state index is 11.5. The molecule has 0 radical (unpaired) electrons. The van der Waals surface area contributed by atoms with Gasteiger partial charge in [0.05, 0.1) is 19.4 Å². The summed E-state index contributed by atoms with van der Waals surface area (Å²) in [7, 11) is 0. The number of aromatic nitrogens is 6. The molecule has 24 heavy (non-hydrogen) atoms. The lowest BCUT2D eigenvalue weighted by atomic mass is 9.99. The van der Waals surface area contributed by atoms with Crippen LogP contribution in [0.15, 0.2) is 6.20 Å². The van der Waals surface area contributed by atoms with Gasteiger partial charge in [-0.1, -0.05) is 18.1 Å². The van der Waals surface area contributed by atoms with E-state index in [-0.39, 0.29) is 31.7 Å². The molecule has 4 N–H and O–H groups in total. The first-order valence-corrected chi connectivity index (χ1v) is 7.62. The summed E-state index contributed by atoms with van der Waals surface area (Å²) in [6.07, 6.45) is 4.68. The van der Waals surface area contributed by atoms with E-state index in [4.69, 9.17) is 15.6 Å². The quantitative estimate of drug-likeness (QED) is 0.526. The third-order valence-corrected chi connectivity index (χ3v) is 3.94. The first-order chi connectivity index (χ1) is 11.5. The number of hydrogen-bond acceptors (Lipinski definition) is 8. The minimum atomic E-state index is -0.975. The number of nitrogens with zero attached hydrogens (tertiary/aromatic N) is 6. The van der Waals surface area contributed by atoms with Gasteiger partial charge in [0.1, 0.15) is 18.0 Å². The standard InChI is InChI=1S/C13H19N7O4/c14-10(22)11-15-12(17-20(11)8-24-6-5-21)19-7-9(16-18-19)13(23)3-1-2-4-13/h7,21,23H,1-6,8H2,(H2,14,22). The van der Waals surface area contributed by atoms with Crippen molar-refractivity contribution < 1.29 is 19.7 Å². The molecule has 0 unspecified atom stereocenters. The Morgan fingerprint density at radius 2 is 2.17 bits per heavy atom. The smallest absolute Gasteiger partial charge is 0.286 e. The lowest BCUT2D eigenvalue weighted by molar-refractivity contribution is 0.0397. The van der Waals surface area contributed by atoms with Crippen molar-refractivity contribution >= 4 is 5.91 Å². The number of carbonyl (C=O) groups is 1. The van der Waals surface area contributed by atoms with Gasteiger partial charge in [0.15, 0.2) is 0 Å². The first kappa shape index (κ1) is 16.5. The fraction of sp³-hybridized carbons (Fsp3) is 0.615. The van der Waals surface area contributed by atoms with Crippen LogP contribution in [-0.4, -0.2) is 59.1 Å². The molecule has 2 aromatic heterocycles. The number of amides is 1. The highest BCUT2D eigenvalue weighted by Gasteiger charge is 2.36. The van der Waals surface area contributed by atoms with E-state index in [0.29, 0.717) is 18.5 Å². The Morgan fingerprint density at radius 3 is 2.83 bits per heavy atom. The molecule has 3 rings (SSSR count). The van der Waals surface area contributed by atoms with Crippen molar-refractivity contribution in [3.05, 3.63) is 17.7 Å². The third kappa shape index (κ3) is 3.13. The van der Waals surface area contributed by atoms with Crippen molar-refractivity contribution in [1.29, 1.82) is 0 Å². The van der Waals surface area contributed by atoms with Crippen LogP contribution in [0.5, 0.6) is 0 Å². The van der Waals surface area contributed by atoms with Crippen LogP contribution in [0.4, 0.5) is 0 Å². The molecule has 0 aromatic carbocycles. The van der Waals surface area contributed by atoms with Crippen LogP contribution in [0.2, 0.25) is 0 Å². The monoisotopic (exact) mass is 337 g/mol. The van der Waals surface area contributed by atoms with Crippen molar-refractivity contribution in [3.8, 4) is 5.95 Å².